The fourth-order valence-corrected chi connectivity index (χ4v) is 3.62. The maximum absolute atomic E-state index is 13.7. The Hall–Kier alpha value is -3.45. The van der Waals surface area contributed by atoms with E-state index in [9.17, 15) is 13.6 Å². The maximum atomic E-state index is 13.7. The first-order chi connectivity index (χ1) is 14.0. The molecule has 0 aliphatic rings. The number of hydrogen-bond acceptors (Lipinski definition) is 4. The Morgan fingerprint density at radius 1 is 1.00 bits per heavy atom. The summed E-state index contributed by atoms with van der Waals surface area (Å²) in [5.74, 6) is -2.88. The number of carbonyl (C=O) groups is 1. The van der Waals surface area contributed by atoms with Gasteiger partial charge in [-0.2, -0.15) is 0 Å². The van der Waals surface area contributed by atoms with E-state index in [2.05, 4.69) is 21.4 Å². The number of thiazole rings is 1. The van der Waals surface area contributed by atoms with Crippen LogP contribution >= 0.6 is 11.3 Å². The number of carbonyl (C=O) groups excluding carboxylic acids is 1. The quantitative estimate of drug-likeness (QED) is 0.471. The Morgan fingerprint density at radius 3 is 2.34 bits per heavy atom. The van der Waals surface area contributed by atoms with Crippen molar-refractivity contribution in [1.29, 1.82) is 0 Å². The zero-order valence-electron chi connectivity index (χ0n) is 15.3. The largest absolute Gasteiger partial charge is 0.322 e. The van der Waals surface area contributed by atoms with E-state index in [1.54, 1.807) is 29.7 Å². The van der Waals surface area contributed by atoms with Gasteiger partial charge >= 0.3 is 0 Å². The molecule has 0 spiro atoms. The summed E-state index contributed by atoms with van der Waals surface area (Å²) in [5.41, 5.74) is 3.91. The molecular weight excluding hydrogens is 392 g/mol. The summed E-state index contributed by atoms with van der Waals surface area (Å²) in [6.45, 7) is 2.02. The van der Waals surface area contributed by atoms with Gasteiger partial charge in [-0.05, 0) is 41.8 Å². The average Bonchev–Trinajstić information content (AvgIpc) is 3.24. The van der Waals surface area contributed by atoms with Gasteiger partial charge in [0.25, 0.3) is 5.91 Å². The number of pyridine rings is 1. The minimum atomic E-state index is -1.01. The van der Waals surface area contributed by atoms with Crippen molar-refractivity contribution in [3.63, 3.8) is 0 Å². The molecule has 1 N–H and O–H groups in total. The first-order valence-electron chi connectivity index (χ1n) is 8.74. The lowest BCUT2D eigenvalue weighted by Gasteiger charge is -2.10. The highest BCUT2D eigenvalue weighted by Gasteiger charge is 2.18. The number of anilines is 1. The Balaban J connectivity index is 1.59. The topological polar surface area (TPSA) is 54.9 Å². The molecule has 0 saturated heterocycles. The van der Waals surface area contributed by atoms with Crippen molar-refractivity contribution in [2.75, 3.05) is 5.32 Å². The number of nitrogens with one attached hydrogen (secondary N) is 1. The number of amides is 1. The minimum Gasteiger partial charge on any atom is -0.322 e. The van der Waals surface area contributed by atoms with Gasteiger partial charge in [0.15, 0.2) is 11.6 Å². The number of aryl methyl sites for hydroxylation is 1. The molecule has 0 radical (unpaired) electrons. The Morgan fingerprint density at radius 2 is 1.69 bits per heavy atom. The lowest BCUT2D eigenvalue weighted by molar-refractivity contribution is 0.101. The summed E-state index contributed by atoms with van der Waals surface area (Å²) < 4.78 is 27.4. The van der Waals surface area contributed by atoms with Gasteiger partial charge in [0.1, 0.15) is 10.6 Å². The van der Waals surface area contributed by atoms with Crippen LogP contribution in [0.25, 0.3) is 21.7 Å². The summed E-state index contributed by atoms with van der Waals surface area (Å²) in [4.78, 5) is 19.9. The van der Waals surface area contributed by atoms with E-state index in [1.165, 1.54) is 0 Å². The van der Waals surface area contributed by atoms with Crippen molar-refractivity contribution < 1.29 is 13.6 Å². The number of hydrogen-bond donors (Lipinski definition) is 1. The van der Waals surface area contributed by atoms with Crippen LogP contribution in [0.5, 0.6) is 0 Å². The first kappa shape index (κ1) is 18.9. The highest BCUT2D eigenvalue weighted by Crippen LogP contribution is 2.31. The van der Waals surface area contributed by atoms with Gasteiger partial charge in [-0.25, -0.2) is 13.8 Å². The maximum Gasteiger partial charge on any atom is 0.261 e. The molecule has 0 aliphatic carbocycles. The van der Waals surface area contributed by atoms with Crippen LogP contribution in [0.1, 0.15) is 15.9 Å². The van der Waals surface area contributed by atoms with Crippen molar-refractivity contribution >= 4 is 22.9 Å². The molecule has 4 aromatic rings. The van der Waals surface area contributed by atoms with Crippen LogP contribution in [0.15, 0.2) is 66.4 Å². The molecule has 0 saturated carbocycles. The molecule has 0 atom stereocenters. The molecule has 144 valence electrons. The van der Waals surface area contributed by atoms with Gasteiger partial charge in [-0.15, -0.1) is 11.3 Å². The van der Waals surface area contributed by atoms with E-state index < -0.39 is 23.1 Å². The highest BCUT2D eigenvalue weighted by molar-refractivity contribution is 7.13. The monoisotopic (exact) mass is 407 g/mol. The molecule has 0 bridgehead atoms. The van der Waals surface area contributed by atoms with Crippen molar-refractivity contribution in [2.24, 2.45) is 0 Å². The van der Waals surface area contributed by atoms with Crippen molar-refractivity contribution in [2.45, 2.75) is 6.92 Å². The van der Waals surface area contributed by atoms with Crippen LogP contribution in [-0.2, 0) is 0 Å². The third kappa shape index (κ3) is 3.90. The molecule has 0 unspecified atom stereocenters. The zero-order chi connectivity index (χ0) is 20.4. The third-order valence-corrected chi connectivity index (χ3v) is 5.27. The third-order valence-electron chi connectivity index (χ3n) is 4.45. The molecule has 29 heavy (non-hydrogen) atoms. The Kier molecular flexibility index (Phi) is 5.14. The van der Waals surface area contributed by atoms with Crippen LogP contribution in [-0.4, -0.2) is 15.9 Å². The normalized spacial score (nSPS) is 10.7. The van der Waals surface area contributed by atoms with E-state index >= 15 is 0 Å². The summed E-state index contributed by atoms with van der Waals surface area (Å²) in [6.07, 6.45) is 3.38. The second-order valence-electron chi connectivity index (χ2n) is 6.38. The van der Waals surface area contributed by atoms with Crippen LogP contribution in [0.4, 0.5) is 14.5 Å². The molecule has 1 amide bonds. The number of benzene rings is 2. The smallest absolute Gasteiger partial charge is 0.261 e. The first-order valence-corrected chi connectivity index (χ1v) is 9.62. The zero-order valence-corrected chi connectivity index (χ0v) is 16.1. The summed E-state index contributed by atoms with van der Waals surface area (Å²) in [7, 11) is 0. The van der Waals surface area contributed by atoms with E-state index in [0.717, 1.165) is 39.7 Å². The van der Waals surface area contributed by atoms with E-state index in [4.69, 9.17) is 0 Å². The van der Waals surface area contributed by atoms with Gasteiger partial charge in [-0.1, -0.05) is 24.3 Å². The van der Waals surface area contributed by atoms with Crippen LogP contribution < -0.4 is 5.32 Å². The minimum absolute atomic E-state index is 0.433. The molecule has 0 fully saturated rings. The van der Waals surface area contributed by atoms with Gasteiger partial charge in [-0.3, -0.25) is 9.78 Å². The number of nitrogens with zero attached hydrogens (tertiary/aromatic N) is 2. The highest BCUT2D eigenvalue weighted by atomic mass is 32.1. The Labute approximate surface area is 169 Å². The SMILES string of the molecule is Cc1ccc(-c2nccs2)cc1-c1ccc(NC(=O)c2c(F)cncc2F)cc1. The molecule has 2 heterocycles. The van der Waals surface area contributed by atoms with Gasteiger partial charge in [0.2, 0.25) is 0 Å². The van der Waals surface area contributed by atoms with Crippen molar-refractivity contribution in [3.8, 4) is 21.7 Å². The lowest BCUT2D eigenvalue weighted by Crippen LogP contribution is -2.16. The average molecular weight is 407 g/mol. The summed E-state index contributed by atoms with van der Waals surface area (Å²) in [6, 6.07) is 13.2. The number of aromatic nitrogens is 2. The van der Waals surface area contributed by atoms with E-state index in [1.807, 2.05) is 36.6 Å². The lowest BCUT2D eigenvalue weighted by atomic mass is 9.98. The molecule has 4 nitrogen and oxygen atoms in total. The number of rotatable bonds is 4. The fourth-order valence-electron chi connectivity index (χ4n) is 2.99. The molecule has 0 aliphatic heterocycles. The molecule has 2 aromatic heterocycles. The van der Waals surface area contributed by atoms with Gasteiger partial charge in [0.05, 0.1) is 12.4 Å². The van der Waals surface area contributed by atoms with Crippen molar-refractivity contribution in [3.05, 3.63) is 89.2 Å². The van der Waals surface area contributed by atoms with Gasteiger partial charge in [0, 0.05) is 22.8 Å². The molecular formula is C22H15F2N3OS. The standard InChI is InChI=1S/C22H15F2N3OS/c1-13-2-3-15(22-26-8-9-29-22)10-17(13)14-4-6-16(7-5-14)27-21(28)20-18(23)11-25-12-19(20)24/h2-12H,1H3,(H,27,28). The second kappa shape index (κ2) is 7.89. The van der Waals surface area contributed by atoms with Crippen LogP contribution in [0, 0.1) is 18.6 Å². The van der Waals surface area contributed by atoms with Crippen LogP contribution in [0.2, 0.25) is 0 Å². The van der Waals surface area contributed by atoms with Crippen LogP contribution in [0.3, 0.4) is 0 Å². The molecule has 7 heteroatoms. The van der Waals surface area contributed by atoms with E-state index in [0.29, 0.717) is 5.69 Å². The van der Waals surface area contributed by atoms with E-state index in [-0.39, 0.29) is 0 Å². The Bertz CT molecular complexity index is 1160. The second-order valence-corrected chi connectivity index (χ2v) is 7.27. The summed E-state index contributed by atoms with van der Waals surface area (Å²) >= 11 is 1.57. The molecule has 2 aromatic carbocycles. The van der Waals surface area contributed by atoms with Gasteiger partial charge < -0.3 is 5.32 Å². The molecule has 4 rings (SSSR count). The summed E-state index contributed by atoms with van der Waals surface area (Å²) in [5, 5.41) is 5.38. The predicted molar refractivity (Wildman–Crippen MR) is 110 cm³/mol. The fraction of sp³-hybridized carbons (Fsp3) is 0.0455. The van der Waals surface area contributed by atoms with Crippen molar-refractivity contribution in [1.82, 2.24) is 9.97 Å². The number of halogens is 2. The predicted octanol–water partition coefficient (Wildman–Crippen LogP) is 5.71.